The zero-order valence-electron chi connectivity index (χ0n) is 41.1. The summed E-state index contributed by atoms with van der Waals surface area (Å²) in [5.41, 5.74) is 0. The Bertz CT molecular complexity index is 916. The quantitative estimate of drug-likeness (QED) is 0.0345. The van der Waals surface area contributed by atoms with Gasteiger partial charge in [-0.2, -0.15) is 0 Å². The Hall–Kier alpha value is -1.59. The maximum absolute atomic E-state index is 12.8. The van der Waals surface area contributed by atoms with Gasteiger partial charge in [0.15, 0.2) is 6.10 Å². The first-order valence-corrected chi connectivity index (χ1v) is 26.7. The van der Waals surface area contributed by atoms with Crippen LogP contribution in [0.4, 0.5) is 0 Å². The van der Waals surface area contributed by atoms with Crippen molar-refractivity contribution in [3.8, 4) is 0 Å². The van der Waals surface area contributed by atoms with Gasteiger partial charge in [0.1, 0.15) is 13.2 Å². The highest BCUT2D eigenvalue weighted by molar-refractivity contribution is 5.71. The van der Waals surface area contributed by atoms with E-state index in [2.05, 4.69) is 34.6 Å². The maximum atomic E-state index is 12.8. The van der Waals surface area contributed by atoms with Crippen molar-refractivity contribution in [1.29, 1.82) is 0 Å². The number of hydrogen-bond acceptors (Lipinski definition) is 6. The Morgan fingerprint density at radius 1 is 0.317 bits per heavy atom. The Morgan fingerprint density at radius 2 is 0.550 bits per heavy atom. The molecule has 6 nitrogen and oxygen atoms in total. The van der Waals surface area contributed by atoms with Gasteiger partial charge >= 0.3 is 17.9 Å². The zero-order chi connectivity index (χ0) is 44.0. The lowest BCUT2D eigenvalue weighted by molar-refractivity contribution is -0.167. The molecule has 60 heavy (non-hydrogen) atoms. The molecule has 0 aromatic rings. The van der Waals surface area contributed by atoms with Crippen LogP contribution in [-0.4, -0.2) is 37.2 Å². The third-order valence-corrected chi connectivity index (χ3v) is 12.2. The van der Waals surface area contributed by atoms with Crippen LogP contribution in [0.2, 0.25) is 0 Å². The van der Waals surface area contributed by atoms with Gasteiger partial charge in [-0.25, -0.2) is 0 Å². The summed E-state index contributed by atoms with van der Waals surface area (Å²) in [6, 6.07) is 0. The Balaban J connectivity index is 4.20. The molecule has 0 saturated heterocycles. The first kappa shape index (κ1) is 58.4. The molecule has 6 heteroatoms. The third-order valence-electron chi connectivity index (χ3n) is 12.2. The van der Waals surface area contributed by atoms with Gasteiger partial charge in [-0.05, 0) is 31.1 Å². The van der Waals surface area contributed by atoms with Crippen LogP contribution in [-0.2, 0) is 28.6 Å². The van der Waals surface area contributed by atoms with Gasteiger partial charge < -0.3 is 14.2 Å². The molecule has 0 fully saturated rings. The van der Waals surface area contributed by atoms with E-state index in [0.29, 0.717) is 19.3 Å². The lowest BCUT2D eigenvalue weighted by atomic mass is 10.0. The summed E-state index contributed by atoms with van der Waals surface area (Å²) in [6.07, 6.45) is 48.2. The van der Waals surface area contributed by atoms with Crippen LogP contribution in [0.5, 0.6) is 0 Å². The average molecular weight is 849 g/mol. The van der Waals surface area contributed by atoms with Crippen LogP contribution in [0, 0.1) is 11.8 Å². The largest absolute Gasteiger partial charge is 0.462 e. The molecule has 0 aliphatic carbocycles. The summed E-state index contributed by atoms with van der Waals surface area (Å²) in [5, 5.41) is 0. The van der Waals surface area contributed by atoms with Crippen LogP contribution in [0.3, 0.4) is 0 Å². The van der Waals surface area contributed by atoms with E-state index >= 15 is 0 Å². The minimum absolute atomic E-state index is 0.0639. The predicted molar refractivity (Wildman–Crippen MR) is 256 cm³/mol. The molecule has 0 N–H and O–H groups in total. The zero-order valence-corrected chi connectivity index (χ0v) is 41.1. The van der Waals surface area contributed by atoms with E-state index in [1.807, 2.05) is 0 Å². The molecule has 0 radical (unpaired) electrons. The minimum atomic E-state index is -0.761. The molecule has 0 spiro atoms. The van der Waals surface area contributed by atoms with Crippen LogP contribution in [0.1, 0.15) is 298 Å². The molecule has 0 heterocycles. The van der Waals surface area contributed by atoms with Gasteiger partial charge in [-0.1, -0.05) is 259 Å². The molecular weight excluding hydrogens is 745 g/mol. The molecule has 0 rings (SSSR count). The number of unbranched alkanes of at least 4 members (excludes halogenated alkanes) is 33. The van der Waals surface area contributed by atoms with E-state index < -0.39 is 6.10 Å². The van der Waals surface area contributed by atoms with Gasteiger partial charge in [0.2, 0.25) is 0 Å². The van der Waals surface area contributed by atoms with Gasteiger partial charge in [0.25, 0.3) is 0 Å². The summed E-state index contributed by atoms with van der Waals surface area (Å²) >= 11 is 0. The highest BCUT2D eigenvalue weighted by atomic mass is 16.6. The SMILES string of the molecule is CCCCCCCCCCCCC(=O)OC[C@@H](COC(=O)CCCCCCCCCCC(C)C)OC(=O)CCCCCCCCCCCCCCCCCCCCC(C)C. The van der Waals surface area contributed by atoms with E-state index in [1.54, 1.807) is 0 Å². The number of rotatable bonds is 48. The standard InChI is InChI=1S/C54H104O6/c1-6-7-8-9-10-11-23-29-34-39-44-52(55)58-47-51(48-59-53(56)45-40-35-30-26-25-28-33-38-43-50(4)5)60-54(57)46-41-36-31-24-21-19-17-15-13-12-14-16-18-20-22-27-32-37-42-49(2)3/h49-51H,6-48H2,1-5H3/t51-/m0/s1. The number of ether oxygens (including phenoxy) is 3. The molecule has 356 valence electrons. The smallest absolute Gasteiger partial charge is 0.306 e. The lowest BCUT2D eigenvalue weighted by Gasteiger charge is -2.18. The fraction of sp³-hybridized carbons (Fsp3) is 0.944. The van der Waals surface area contributed by atoms with E-state index in [0.717, 1.165) is 69.6 Å². The Kier molecular flexibility index (Phi) is 45.7. The van der Waals surface area contributed by atoms with Gasteiger partial charge in [0, 0.05) is 19.3 Å². The van der Waals surface area contributed by atoms with Crippen molar-refractivity contribution in [2.24, 2.45) is 11.8 Å². The summed E-state index contributed by atoms with van der Waals surface area (Å²) in [7, 11) is 0. The molecule has 0 amide bonds. The Labute approximate surface area is 374 Å². The monoisotopic (exact) mass is 849 g/mol. The fourth-order valence-electron chi connectivity index (χ4n) is 8.17. The van der Waals surface area contributed by atoms with Crippen LogP contribution in [0.25, 0.3) is 0 Å². The second-order valence-electron chi connectivity index (χ2n) is 19.5. The second-order valence-corrected chi connectivity index (χ2v) is 19.5. The molecule has 0 aromatic carbocycles. The fourth-order valence-corrected chi connectivity index (χ4v) is 8.17. The number of esters is 3. The predicted octanol–water partition coefficient (Wildman–Crippen LogP) is 17.3. The molecule has 0 unspecified atom stereocenters. The highest BCUT2D eigenvalue weighted by Crippen LogP contribution is 2.18. The van der Waals surface area contributed by atoms with Gasteiger partial charge in [0.05, 0.1) is 0 Å². The van der Waals surface area contributed by atoms with Gasteiger partial charge in [-0.15, -0.1) is 0 Å². The molecule has 0 aliphatic heterocycles. The van der Waals surface area contributed by atoms with Crippen LogP contribution < -0.4 is 0 Å². The van der Waals surface area contributed by atoms with Crippen LogP contribution in [0.15, 0.2) is 0 Å². The summed E-state index contributed by atoms with van der Waals surface area (Å²) < 4.78 is 16.8. The van der Waals surface area contributed by atoms with Gasteiger partial charge in [-0.3, -0.25) is 14.4 Å². The summed E-state index contributed by atoms with van der Waals surface area (Å²) in [5.74, 6) is 0.805. The highest BCUT2D eigenvalue weighted by Gasteiger charge is 2.19. The lowest BCUT2D eigenvalue weighted by Crippen LogP contribution is -2.30. The van der Waals surface area contributed by atoms with Crippen molar-refractivity contribution in [2.45, 2.75) is 304 Å². The first-order valence-electron chi connectivity index (χ1n) is 26.7. The number of hydrogen-bond donors (Lipinski definition) is 0. The minimum Gasteiger partial charge on any atom is -0.462 e. The van der Waals surface area contributed by atoms with Crippen molar-refractivity contribution in [2.75, 3.05) is 13.2 Å². The molecule has 0 aliphatic rings. The summed E-state index contributed by atoms with van der Waals surface area (Å²) in [6.45, 7) is 11.4. The topological polar surface area (TPSA) is 78.9 Å². The number of carbonyl (C=O) groups excluding carboxylic acids is 3. The van der Waals surface area contributed by atoms with Crippen molar-refractivity contribution in [1.82, 2.24) is 0 Å². The average Bonchev–Trinajstić information content (AvgIpc) is 3.22. The Morgan fingerprint density at radius 3 is 0.817 bits per heavy atom. The van der Waals surface area contributed by atoms with E-state index in [-0.39, 0.29) is 31.1 Å². The molecule has 1 atom stereocenters. The normalized spacial score (nSPS) is 12.1. The maximum Gasteiger partial charge on any atom is 0.306 e. The molecule has 0 bridgehead atoms. The van der Waals surface area contributed by atoms with E-state index in [4.69, 9.17) is 14.2 Å². The summed E-state index contributed by atoms with van der Waals surface area (Å²) in [4.78, 5) is 37.9. The van der Waals surface area contributed by atoms with E-state index in [9.17, 15) is 14.4 Å². The molecular formula is C54H104O6. The number of carbonyl (C=O) groups is 3. The van der Waals surface area contributed by atoms with Crippen molar-refractivity contribution in [3.05, 3.63) is 0 Å². The third kappa shape index (κ3) is 47.5. The second kappa shape index (κ2) is 46.9. The van der Waals surface area contributed by atoms with E-state index in [1.165, 1.54) is 186 Å². The van der Waals surface area contributed by atoms with Crippen molar-refractivity contribution < 1.29 is 28.6 Å². The van der Waals surface area contributed by atoms with Crippen molar-refractivity contribution in [3.63, 3.8) is 0 Å². The van der Waals surface area contributed by atoms with Crippen LogP contribution >= 0.6 is 0 Å². The molecule has 0 aromatic heterocycles. The first-order chi connectivity index (χ1) is 29.2. The molecule has 0 saturated carbocycles. The van der Waals surface area contributed by atoms with Crippen molar-refractivity contribution >= 4 is 17.9 Å².